The van der Waals surface area contributed by atoms with Crippen LogP contribution in [0.15, 0.2) is 24.3 Å². The lowest BCUT2D eigenvalue weighted by Crippen LogP contribution is -2.14. The van der Waals surface area contributed by atoms with Crippen LogP contribution in [-0.2, 0) is 14.3 Å². The van der Waals surface area contributed by atoms with E-state index in [-0.39, 0.29) is 5.57 Å². The van der Waals surface area contributed by atoms with Crippen molar-refractivity contribution in [1.82, 2.24) is 0 Å². The fourth-order valence-corrected chi connectivity index (χ4v) is 1.42. The number of carbonyl (C=O) groups is 2. The van der Waals surface area contributed by atoms with E-state index in [1.165, 1.54) is 0 Å². The lowest BCUT2D eigenvalue weighted by Gasteiger charge is -2.14. The van der Waals surface area contributed by atoms with Crippen molar-refractivity contribution in [2.75, 3.05) is 6.61 Å². The summed E-state index contributed by atoms with van der Waals surface area (Å²) < 4.78 is 5.10. The monoisotopic (exact) mass is 254 g/mol. The number of carboxylic acid groups (broad SMARTS) is 1. The Bertz CT molecular complexity index is 318. The first kappa shape index (κ1) is 16.4. The van der Waals surface area contributed by atoms with E-state index in [1.54, 1.807) is 0 Å². The van der Waals surface area contributed by atoms with E-state index in [1.807, 2.05) is 0 Å². The molecule has 0 bridgehead atoms. The molecule has 4 heteroatoms. The smallest absolute Gasteiger partial charge is 0.337 e. The van der Waals surface area contributed by atoms with E-state index in [9.17, 15) is 9.59 Å². The SMILES string of the molecule is C=C(C=CC(=O)O)C(=O)OCC(CC)CCCC. The van der Waals surface area contributed by atoms with E-state index < -0.39 is 11.9 Å². The zero-order valence-corrected chi connectivity index (χ0v) is 11.1. The highest BCUT2D eigenvalue weighted by atomic mass is 16.5. The predicted molar refractivity (Wildman–Crippen MR) is 70.2 cm³/mol. The molecule has 0 fully saturated rings. The van der Waals surface area contributed by atoms with E-state index in [2.05, 4.69) is 20.4 Å². The molecule has 0 aliphatic heterocycles. The van der Waals surface area contributed by atoms with Crippen LogP contribution in [0.4, 0.5) is 0 Å². The van der Waals surface area contributed by atoms with E-state index >= 15 is 0 Å². The van der Waals surface area contributed by atoms with Crippen LogP contribution in [0, 0.1) is 5.92 Å². The average Bonchev–Trinajstić information content (AvgIpc) is 2.35. The van der Waals surface area contributed by atoms with Gasteiger partial charge in [-0.3, -0.25) is 0 Å². The maximum absolute atomic E-state index is 11.5. The van der Waals surface area contributed by atoms with Gasteiger partial charge in [0.1, 0.15) is 0 Å². The second-order valence-corrected chi connectivity index (χ2v) is 4.21. The molecule has 1 atom stereocenters. The third kappa shape index (κ3) is 7.65. The highest BCUT2D eigenvalue weighted by Gasteiger charge is 2.11. The first-order chi connectivity index (χ1) is 8.51. The minimum absolute atomic E-state index is 0.0581. The molecule has 0 saturated heterocycles. The molecule has 0 aromatic carbocycles. The number of carboxylic acids is 1. The summed E-state index contributed by atoms with van der Waals surface area (Å²) >= 11 is 0. The molecule has 0 aromatic heterocycles. The van der Waals surface area contributed by atoms with Crippen molar-refractivity contribution in [2.45, 2.75) is 39.5 Å². The van der Waals surface area contributed by atoms with Crippen LogP contribution in [0.5, 0.6) is 0 Å². The molecule has 0 amide bonds. The molecule has 0 aliphatic carbocycles. The largest absolute Gasteiger partial charge is 0.478 e. The van der Waals surface area contributed by atoms with Gasteiger partial charge in [0, 0.05) is 6.08 Å². The third-order valence-corrected chi connectivity index (χ3v) is 2.68. The van der Waals surface area contributed by atoms with Crippen molar-refractivity contribution in [3.05, 3.63) is 24.3 Å². The van der Waals surface area contributed by atoms with Crippen LogP contribution in [-0.4, -0.2) is 23.7 Å². The summed E-state index contributed by atoms with van der Waals surface area (Å²) in [5, 5.41) is 8.42. The fraction of sp³-hybridized carbons (Fsp3) is 0.571. The van der Waals surface area contributed by atoms with Gasteiger partial charge in [-0.15, -0.1) is 0 Å². The number of hydrogen-bond donors (Lipinski definition) is 1. The number of esters is 1. The minimum atomic E-state index is -1.11. The topological polar surface area (TPSA) is 63.6 Å². The number of aliphatic carboxylic acids is 1. The van der Waals surface area contributed by atoms with Gasteiger partial charge in [-0.25, -0.2) is 9.59 Å². The molecular weight excluding hydrogens is 232 g/mol. The fourth-order valence-electron chi connectivity index (χ4n) is 1.42. The van der Waals surface area contributed by atoms with Crippen molar-refractivity contribution in [1.29, 1.82) is 0 Å². The van der Waals surface area contributed by atoms with Crippen LogP contribution in [0.3, 0.4) is 0 Å². The van der Waals surface area contributed by atoms with Gasteiger partial charge in [-0.2, -0.15) is 0 Å². The van der Waals surface area contributed by atoms with Crippen LogP contribution in [0.25, 0.3) is 0 Å². The summed E-state index contributed by atoms with van der Waals surface area (Å²) in [6.45, 7) is 8.02. The predicted octanol–water partition coefficient (Wildman–Crippen LogP) is 2.94. The van der Waals surface area contributed by atoms with Gasteiger partial charge in [0.05, 0.1) is 12.2 Å². The molecule has 0 aromatic rings. The van der Waals surface area contributed by atoms with Gasteiger partial charge in [0.25, 0.3) is 0 Å². The molecule has 1 N–H and O–H groups in total. The molecule has 4 nitrogen and oxygen atoms in total. The Morgan fingerprint density at radius 1 is 1.33 bits per heavy atom. The summed E-state index contributed by atoms with van der Waals surface area (Å²) in [5.74, 6) is -1.30. The Morgan fingerprint density at radius 3 is 2.50 bits per heavy atom. The lowest BCUT2D eigenvalue weighted by molar-refractivity contribution is -0.140. The quantitative estimate of drug-likeness (QED) is 0.390. The number of unbranched alkanes of at least 4 members (excludes halogenated alkanes) is 1. The number of carbonyl (C=O) groups excluding carboxylic acids is 1. The average molecular weight is 254 g/mol. The molecular formula is C14H22O4. The van der Waals surface area contributed by atoms with Crippen LogP contribution < -0.4 is 0 Å². The van der Waals surface area contributed by atoms with Crippen molar-refractivity contribution in [3.63, 3.8) is 0 Å². The van der Waals surface area contributed by atoms with Gasteiger partial charge >= 0.3 is 11.9 Å². The van der Waals surface area contributed by atoms with Crippen molar-refractivity contribution in [3.8, 4) is 0 Å². The standard InChI is InChI=1S/C14H22O4/c1-4-6-7-12(5-2)10-18-14(17)11(3)8-9-13(15)16/h8-9,12H,3-7,10H2,1-2H3,(H,15,16). The van der Waals surface area contributed by atoms with Crippen molar-refractivity contribution >= 4 is 11.9 Å². The molecule has 0 saturated carbocycles. The maximum Gasteiger partial charge on any atom is 0.337 e. The second-order valence-electron chi connectivity index (χ2n) is 4.21. The van der Waals surface area contributed by atoms with Crippen molar-refractivity contribution < 1.29 is 19.4 Å². The van der Waals surface area contributed by atoms with Gasteiger partial charge in [0.2, 0.25) is 0 Å². The van der Waals surface area contributed by atoms with Gasteiger partial charge < -0.3 is 9.84 Å². The maximum atomic E-state index is 11.5. The van der Waals surface area contributed by atoms with Gasteiger partial charge in [0.15, 0.2) is 0 Å². The summed E-state index contributed by atoms with van der Waals surface area (Å²) in [6.07, 6.45) is 6.27. The Kier molecular flexibility index (Phi) is 8.62. The Hall–Kier alpha value is -1.58. The van der Waals surface area contributed by atoms with Crippen LogP contribution in [0.2, 0.25) is 0 Å². The molecule has 18 heavy (non-hydrogen) atoms. The Balaban J connectivity index is 4.07. The molecule has 0 spiro atoms. The van der Waals surface area contributed by atoms with Gasteiger partial charge in [-0.05, 0) is 18.4 Å². The zero-order valence-electron chi connectivity index (χ0n) is 11.1. The molecule has 1 unspecified atom stereocenters. The van der Waals surface area contributed by atoms with Crippen LogP contribution >= 0.6 is 0 Å². The molecule has 0 aliphatic rings. The third-order valence-electron chi connectivity index (χ3n) is 2.68. The summed E-state index contributed by atoms with van der Waals surface area (Å²) in [6, 6.07) is 0. The molecule has 0 heterocycles. The van der Waals surface area contributed by atoms with Gasteiger partial charge in [-0.1, -0.05) is 39.7 Å². The number of rotatable bonds is 9. The first-order valence-electron chi connectivity index (χ1n) is 6.28. The number of ether oxygens (including phenoxy) is 1. The highest BCUT2D eigenvalue weighted by Crippen LogP contribution is 2.13. The molecule has 102 valence electrons. The normalized spacial score (nSPS) is 12.3. The summed E-state index contributed by atoms with van der Waals surface area (Å²) in [4.78, 5) is 21.8. The second kappa shape index (κ2) is 9.45. The van der Waals surface area contributed by atoms with E-state index in [0.717, 1.165) is 37.8 Å². The summed E-state index contributed by atoms with van der Waals surface area (Å²) in [7, 11) is 0. The first-order valence-corrected chi connectivity index (χ1v) is 6.28. The molecule has 0 rings (SSSR count). The van der Waals surface area contributed by atoms with Crippen LogP contribution in [0.1, 0.15) is 39.5 Å². The van der Waals surface area contributed by atoms with E-state index in [4.69, 9.17) is 9.84 Å². The van der Waals surface area contributed by atoms with E-state index in [0.29, 0.717) is 12.5 Å². The minimum Gasteiger partial charge on any atom is -0.478 e. The Morgan fingerprint density at radius 2 is 2.00 bits per heavy atom. The van der Waals surface area contributed by atoms with Crippen molar-refractivity contribution in [2.24, 2.45) is 5.92 Å². The highest BCUT2D eigenvalue weighted by molar-refractivity contribution is 5.93. The Labute approximate surface area is 108 Å². The lowest BCUT2D eigenvalue weighted by atomic mass is 10.0. The summed E-state index contributed by atoms with van der Waals surface area (Å²) in [5.41, 5.74) is 0.0581. The zero-order chi connectivity index (χ0) is 14.0. The molecule has 0 radical (unpaired) electrons. The number of hydrogen-bond acceptors (Lipinski definition) is 3.